The lowest BCUT2D eigenvalue weighted by Gasteiger charge is -2.26. The Labute approximate surface area is 95.1 Å². The molecule has 2 atom stereocenters. The van der Waals surface area contributed by atoms with E-state index in [4.69, 9.17) is 5.53 Å². The summed E-state index contributed by atoms with van der Waals surface area (Å²) < 4.78 is 0.729. The maximum atomic E-state index is 9.99. The van der Waals surface area contributed by atoms with E-state index in [-0.39, 0.29) is 0 Å². The van der Waals surface area contributed by atoms with Crippen molar-refractivity contribution in [3.05, 3.63) is 44.7 Å². The van der Waals surface area contributed by atoms with Crippen LogP contribution in [0.1, 0.15) is 12.5 Å². The van der Waals surface area contributed by atoms with Crippen molar-refractivity contribution in [2.75, 3.05) is 0 Å². The third-order valence-electron chi connectivity index (χ3n) is 2.03. The first-order valence-electron chi connectivity index (χ1n) is 4.23. The number of benzene rings is 1. The summed E-state index contributed by atoms with van der Waals surface area (Å²) in [5.41, 5.74) is 6.76. The molecule has 0 radical (unpaired) electrons. The van der Waals surface area contributed by atoms with Gasteiger partial charge in [0.25, 0.3) is 0 Å². The Morgan fingerprint density at radius 1 is 1.60 bits per heavy atom. The van der Waals surface area contributed by atoms with Gasteiger partial charge in [-0.2, -0.15) is 0 Å². The summed E-state index contributed by atoms with van der Waals surface area (Å²) in [4.78, 5) is 2.53. The normalized spacial score (nSPS) is 16.3. The highest BCUT2D eigenvalue weighted by Gasteiger charge is 2.33. The van der Waals surface area contributed by atoms with Crippen LogP contribution < -0.4 is 0 Å². The molecule has 0 saturated heterocycles. The quantitative estimate of drug-likeness (QED) is 0.502. The second-order valence-corrected chi connectivity index (χ2v) is 4.02. The van der Waals surface area contributed by atoms with Gasteiger partial charge in [-0.15, -0.1) is 0 Å². The summed E-state index contributed by atoms with van der Waals surface area (Å²) in [6.45, 7) is 1.36. The molecule has 1 rings (SSSR count). The van der Waals surface area contributed by atoms with Gasteiger partial charge >= 0.3 is 0 Å². The molecule has 0 spiro atoms. The average molecular weight is 272 g/mol. The van der Waals surface area contributed by atoms with E-state index in [9.17, 15) is 10.2 Å². The van der Waals surface area contributed by atoms with Crippen molar-refractivity contribution in [2.24, 2.45) is 5.11 Å². The summed E-state index contributed by atoms with van der Waals surface area (Å²) in [7, 11) is 0. The van der Waals surface area contributed by atoms with Crippen LogP contribution in [0.5, 0.6) is 0 Å². The van der Waals surface area contributed by atoms with Gasteiger partial charge in [0.15, 0.2) is 5.72 Å². The topological polar surface area (TPSA) is 89.2 Å². The van der Waals surface area contributed by atoms with Gasteiger partial charge in [0.1, 0.15) is 0 Å². The van der Waals surface area contributed by atoms with Crippen LogP contribution >= 0.6 is 15.9 Å². The number of hydrogen-bond acceptors (Lipinski definition) is 3. The van der Waals surface area contributed by atoms with Crippen LogP contribution in [-0.2, 0) is 5.72 Å². The molecule has 6 heteroatoms. The van der Waals surface area contributed by atoms with Gasteiger partial charge in [-0.25, -0.2) is 0 Å². The predicted molar refractivity (Wildman–Crippen MR) is 58.9 cm³/mol. The van der Waals surface area contributed by atoms with Crippen LogP contribution in [0.3, 0.4) is 0 Å². The van der Waals surface area contributed by atoms with Crippen molar-refractivity contribution in [3.8, 4) is 0 Å². The van der Waals surface area contributed by atoms with Gasteiger partial charge in [-0.1, -0.05) is 33.2 Å². The fraction of sp³-hybridized carbons (Fsp3) is 0.333. The van der Waals surface area contributed by atoms with Crippen LogP contribution in [0.15, 0.2) is 33.9 Å². The summed E-state index contributed by atoms with van der Waals surface area (Å²) in [6.07, 6.45) is -1.19. The van der Waals surface area contributed by atoms with Crippen LogP contribution in [-0.4, -0.2) is 16.3 Å². The molecule has 0 bridgehead atoms. The number of nitrogens with zero attached hydrogens (tertiary/aromatic N) is 3. The van der Waals surface area contributed by atoms with Crippen molar-refractivity contribution in [1.82, 2.24) is 0 Å². The Hall–Kier alpha value is -1.07. The third-order valence-corrected chi connectivity index (χ3v) is 2.52. The first kappa shape index (κ1) is 12.0. The fourth-order valence-corrected chi connectivity index (χ4v) is 1.57. The van der Waals surface area contributed by atoms with Crippen LogP contribution in [0.2, 0.25) is 0 Å². The lowest BCUT2D eigenvalue weighted by molar-refractivity contribution is -0.0663. The number of aliphatic hydroxyl groups excluding tert-OH is 1. The molecule has 80 valence electrons. The van der Waals surface area contributed by atoms with Gasteiger partial charge < -0.3 is 10.2 Å². The number of aliphatic hydroxyl groups is 2. The van der Waals surface area contributed by atoms with E-state index < -0.39 is 11.8 Å². The molecule has 0 fully saturated rings. The molecule has 0 saturated carbocycles. The highest BCUT2D eigenvalue weighted by molar-refractivity contribution is 9.10. The Morgan fingerprint density at radius 2 is 2.27 bits per heavy atom. The van der Waals surface area contributed by atoms with Gasteiger partial charge in [-0.05, 0) is 30.2 Å². The SMILES string of the molecule is CC(O)C(O)(N=[N+]=[N-])c1cccc(Br)c1. The smallest absolute Gasteiger partial charge is 0.194 e. The zero-order chi connectivity index (χ0) is 11.5. The van der Waals surface area contributed by atoms with E-state index in [0.29, 0.717) is 5.56 Å². The maximum absolute atomic E-state index is 9.99. The zero-order valence-electron chi connectivity index (χ0n) is 8.00. The van der Waals surface area contributed by atoms with E-state index in [2.05, 4.69) is 26.0 Å². The summed E-state index contributed by atoms with van der Waals surface area (Å²) >= 11 is 3.23. The molecule has 2 N–H and O–H groups in total. The van der Waals surface area contributed by atoms with Crippen molar-refractivity contribution >= 4 is 15.9 Å². The van der Waals surface area contributed by atoms with E-state index in [1.165, 1.54) is 6.92 Å². The van der Waals surface area contributed by atoms with Crippen LogP contribution in [0.25, 0.3) is 10.4 Å². The van der Waals surface area contributed by atoms with Gasteiger partial charge in [-0.3, -0.25) is 0 Å². The average Bonchev–Trinajstić information content (AvgIpc) is 2.17. The Morgan fingerprint density at radius 3 is 2.73 bits per heavy atom. The lowest BCUT2D eigenvalue weighted by Crippen LogP contribution is -2.35. The molecule has 0 amide bonds. The molecular weight excluding hydrogens is 262 g/mol. The number of azide groups is 1. The minimum atomic E-state index is -1.93. The minimum absolute atomic E-state index is 0.338. The van der Waals surface area contributed by atoms with Crippen LogP contribution in [0.4, 0.5) is 0 Å². The molecule has 1 aromatic rings. The molecule has 2 unspecified atom stereocenters. The van der Waals surface area contributed by atoms with Crippen LogP contribution in [0, 0.1) is 0 Å². The molecule has 1 aromatic carbocycles. The van der Waals surface area contributed by atoms with Crippen molar-refractivity contribution in [2.45, 2.75) is 18.8 Å². The van der Waals surface area contributed by atoms with Crippen molar-refractivity contribution in [3.63, 3.8) is 0 Å². The largest absolute Gasteiger partial charge is 0.390 e. The minimum Gasteiger partial charge on any atom is -0.390 e. The van der Waals surface area contributed by atoms with E-state index >= 15 is 0 Å². The van der Waals surface area contributed by atoms with E-state index in [1.54, 1.807) is 24.3 Å². The van der Waals surface area contributed by atoms with Gasteiger partial charge in [0.2, 0.25) is 0 Å². The third kappa shape index (κ3) is 2.49. The van der Waals surface area contributed by atoms with Crippen molar-refractivity contribution in [1.29, 1.82) is 0 Å². The lowest BCUT2D eigenvalue weighted by atomic mass is 9.99. The second-order valence-electron chi connectivity index (χ2n) is 3.10. The van der Waals surface area contributed by atoms with Gasteiger partial charge in [0.05, 0.1) is 6.10 Å². The highest BCUT2D eigenvalue weighted by atomic mass is 79.9. The zero-order valence-corrected chi connectivity index (χ0v) is 9.59. The second kappa shape index (κ2) is 4.63. The number of hydrogen-bond donors (Lipinski definition) is 2. The number of rotatable bonds is 3. The Kier molecular flexibility index (Phi) is 3.71. The summed E-state index contributed by atoms with van der Waals surface area (Å²) in [5.74, 6) is 0. The standard InChI is InChI=1S/C9H10BrN3O2/c1-6(14)9(15,12-13-11)7-3-2-4-8(10)5-7/h2-6,14-15H,1H3. The Balaban J connectivity index is 3.27. The Bertz CT molecular complexity index is 404. The summed E-state index contributed by atoms with van der Waals surface area (Å²) in [6, 6.07) is 6.61. The molecule has 0 aliphatic carbocycles. The highest BCUT2D eigenvalue weighted by Crippen LogP contribution is 2.28. The molecule has 0 heterocycles. The predicted octanol–water partition coefficient (Wildman–Crippen LogP) is 2.29. The molecule has 0 aromatic heterocycles. The number of halogens is 1. The van der Waals surface area contributed by atoms with Crippen molar-refractivity contribution < 1.29 is 10.2 Å². The molecule has 15 heavy (non-hydrogen) atoms. The maximum Gasteiger partial charge on any atom is 0.194 e. The fourth-order valence-electron chi connectivity index (χ4n) is 1.17. The van der Waals surface area contributed by atoms with Gasteiger partial charge in [0, 0.05) is 9.38 Å². The van der Waals surface area contributed by atoms with E-state index in [0.717, 1.165) is 4.47 Å². The molecule has 5 nitrogen and oxygen atoms in total. The molecular formula is C9H10BrN3O2. The monoisotopic (exact) mass is 271 g/mol. The molecule has 0 aliphatic rings. The molecule has 0 aliphatic heterocycles. The summed E-state index contributed by atoms with van der Waals surface area (Å²) in [5, 5.41) is 22.6. The first-order chi connectivity index (χ1) is 7.00. The first-order valence-corrected chi connectivity index (χ1v) is 5.02. The van der Waals surface area contributed by atoms with E-state index in [1.807, 2.05) is 0 Å².